The summed E-state index contributed by atoms with van der Waals surface area (Å²) in [5, 5.41) is 2.66. The summed E-state index contributed by atoms with van der Waals surface area (Å²) < 4.78 is 5.71. The summed E-state index contributed by atoms with van der Waals surface area (Å²) in [6, 6.07) is 14.3. The highest BCUT2D eigenvalue weighted by molar-refractivity contribution is 6.28. The average molecular weight is 374 g/mol. The third-order valence-electron chi connectivity index (χ3n) is 4.53. The van der Waals surface area contributed by atoms with Crippen LogP contribution in [0.4, 0.5) is 11.4 Å². The van der Waals surface area contributed by atoms with Gasteiger partial charge in [0.15, 0.2) is 0 Å². The van der Waals surface area contributed by atoms with Gasteiger partial charge in [0, 0.05) is 23.7 Å². The molecule has 0 bridgehead atoms. The molecule has 2 aromatic rings. The van der Waals surface area contributed by atoms with E-state index in [2.05, 4.69) is 5.32 Å². The van der Waals surface area contributed by atoms with Gasteiger partial charge in [-0.1, -0.05) is 18.2 Å². The van der Waals surface area contributed by atoms with Crippen LogP contribution in [-0.4, -0.2) is 24.3 Å². The molecular weight excluding hydrogens is 356 g/mol. The number of hydrogen-bond donors (Lipinski definition) is 1. The number of nitrogens with one attached hydrogen (secondary N) is 1. The summed E-state index contributed by atoms with van der Waals surface area (Å²) in [6.07, 6.45) is 3.75. The van der Waals surface area contributed by atoms with E-state index in [0.29, 0.717) is 23.6 Å². The lowest BCUT2D eigenvalue weighted by atomic mass is 10.0. The Labute approximate surface area is 162 Å². The highest BCUT2D eigenvalue weighted by atomic mass is 16.5. The van der Waals surface area contributed by atoms with Crippen LogP contribution in [0.5, 0.6) is 5.75 Å². The molecule has 28 heavy (non-hydrogen) atoms. The van der Waals surface area contributed by atoms with Gasteiger partial charge in [-0.05, 0) is 48.1 Å². The summed E-state index contributed by atoms with van der Waals surface area (Å²) >= 11 is 0. The van der Waals surface area contributed by atoms with Gasteiger partial charge in [-0.2, -0.15) is 0 Å². The molecule has 140 valence electrons. The molecule has 1 fully saturated rings. The molecule has 6 nitrogen and oxygen atoms in total. The minimum atomic E-state index is -0.336. The number of benzene rings is 2. The van der Waals surface area contributed by atoms with E-state index < -0.39 is 0 Å². The Kier molecular flexibility index (Phi) is 4.53. The topological polar surface area (TPSA) is 75.7 Å². The Morgan fingerprint density at radius 2 is 1.86 bits per heavy atom. The fraction of sp³-hybridized carbons (Fsp3) is 0.136. The lowest BCUT2D eigenvalue weighted by Crippen LogP contribution is -2.28. The second-order valence-electron chi connectivity index (χ2n) is 6.65. The molecular formula is C22H18N2O4. The van der Waals surface area contributed by atoms with E-state index in [1.165, 1.54) is 11.8 Å². The van der Waals surface area contributed by atoms with E-state index in [-0.39, 0.29) is 24.1 Å². The number of rotatable bonds is 3. The van der Waals surface area contributed by atoms with Crippen molar-refractivity contribution in [2.24, 2.45) is 0 Å². The predicted molar refractivity (Wildman–Crippen MR) is 106 cm³/mol. The first kappa shape index (κ1) is 17.7. The molecule has 2 aliphatic heterocycles. The third-order valence-corrected chi connectivity index (χ3v) is 4.53. The molecule has 0 atom stereocenters. The van der Waals surface area contributed by atoms with Gasteiger partial charge >= 0.3 is 0 Å². The van der Waals surface area contributed by atoms with Gasteiger partial charge in [0.1, 0.15) is 12.4 Å². The Hall–Kier alpha value is -3.67. The van der Waals surface area contributed by atoms with Crippen LogP contribution in [0.3, 0.4) is 0 Å². The number of anilines is 2. The monoisotopic (exact) mass is 374 g/mol. The predicted octanol–water partition coefficient (Wildman–Crippen LogP) is 3.31. The molecule has 4 rings (SSSR count). The zero-order valence-corrected chi connectivity index (χ0v) is 15.3. The van der Waals surface area contributed by atoms with Crippen molar-refractivity contribution in [1.82, 2.24) is 0 Å². The molecule has 2 heterocycles. The first-order valence-electron chi connectivity index (χ1n) is 8.89. The minimum Gasteiger partial charge on any atom is -0.488 e. The largest absolute Gasteiger partial charge is 0.488 e. The van der Waals surface area contributed by atoms with Gasteiger partial charge < -0.3 is 10.1 Å². The van der Waals surface area contributed by atoms with Crippen LogP contribution < -0.4 is 15.0 Å². The van der Waals surface area contributed by atoms with E-state index in [9.17, 15) is 14.4 Å². The molecule has 1 N–H and O–H groups in total. The quantitative estimate of drug-likeness (QED) is 0.661. The molecule has 2 aliphatic rings. The van der Waals surface area contributed by atoms with Crippen molar-refractivity contribution in [2.45, 2.75) is 13.3 Å². The number of carbonyl (C=O) groups is 3. The fourth-order valence-corrected chi connectivity index (χ4v) is 3.29. The van der Waals surface area contributed by atoms with Gasteiger partial charge in [-0.15, -0.1) is 0 Å². The van der Waals surface area contributed by atoms with E-state index in [4.69, 9.17) is 4.74 Å². The maximum atomic E-state index is 12.8. The number of ether oxygens (including phenoxy) is 1. The first-order valence-corrected chi connectivity index (χ1v) is 8.89. The summed E-state index contributed by atoms with van der Waals surface area (Å²) in [4.78, 5) is 37.5. The zero-order valence-electron chi connectivity index (χ0n) is 15.3. The Balaban J connectivity index is 1.57. The van der Waals surface area contributed by atoms with Crippen LogP contribution in [-0.2, 0) is 14.4 Å². The van der Waals surface area contributed by atoms with Gasteiger partial charge in [-0.3, -0.25) is 14.4 Å². The third kappa shape index (κ3) is 3.44. The smallest absolute Gasteiger partial charge is 0.261 e. The summed E-state index contributed by atoms with van der Waals surface area (Å²) in [6.45, 7) is 1.77. The number of amides is 3. The number of fused-ring (bicyclic) bond motifs is 1. The van der Waals surface area contributed by atoms with Crippen molar-refractivity contribution in [3.8, 4) is 5.75 Å². The molecule has 0 radical (unpaired) electrons. The molecule has 0 aliphatic carbocycles. The average Bonchev–Trinajstić information content (AvgIpc) is 2.95. The van der Waals surface area contributed by atoms with Crippen LogP contribution >= 0.6 is 0 Å². The van der Waals surface area contributed by atoms with Crippen molar-refractivity contribution in [3.63, 3.8) is 0 Å². The molecule has 3 amide bonds. The van der Waals surface area contributed by atoms with Crippen molar-refractivity contribution < 1.29 is 19.1 Å². The lowest BCUT2D eigenvalue weighted by Gasteiger charge is -2.16. The Morgan fingerprint density at radius 3 is 2.61 bits per heavy atom. The van der Waals surface area contributed by atoms with E-state index in [0.717, 1.165) is 16.9 Å². The van der Waals surface area contributed by atoms with Gasteiger partial charge in [-0.25, -0.2) is 4.90 Å². The van der Waals surface area contributed by atoms with Crippen molar-refractivity contribution in [2.75, 3.05) is 16.8 Å². The van der Waals surface area contributed by atoms with Gasteiger partial charge in [0.2, 0.25) is 11.8 Å². The maximum Gasteiger partial charge on any atom is 0.261 e. The van der Waals surface area contributed by atoms with Crippen molar-refractivity contribution in [1.29, 1.82) is 0 Å². The number of para-hydroxylation sites is 1. The second kappa shape index (κ2) is 7.15. The van der Waals surface area contributed by atoms with Crippen LogP contribution in [0.25, 0.3) is 6.08 Å². The molecule has 0 spiro atoms. The number of carbonyl (C=O) groups excluding carboxylic acids is 3. The summed E-state index contributed by atoms with van der Waals surface area (Å²) in [5.74, 6) is 0.00787. The molecule has 6 heteroatoms. The normalized spacial score (nSPS) is 17.2. The van der Waals surface area contributed by atoms with Crippen molar-refractivity contribution in [3.05, 3.63) is 71.3 Å². The van der Waals surface area contributed by atoms with Crippen molar-refractivity contribution >= 4 is 35.2 Å². The van der Waals surface area contributed by atoms with Crippen LogP contribution in [0.1, 0.15) is 18.9 Å². The zero-order chi connectivity index (χ0) is 19.7. The lowest BCUT2D eigenvalue weighted by molar-refractivity contribution is -0.120. The highest BCUT2D eigenvalue weighted by Crippen LogP contribution is 2.30. The molecule has 0 unspecified atom stereocenters. The molecule has 0 aromatic heterocycles. The van der Waals surface area contributed by atoms with E-state index in [1.807, 2.05) is 30.3 Å². The van der Waals surface area contributed by atoms with Crippen LogP contribution in [0.15, 0.2) is 65.8 Å². The fourth-order valence-electron chi connectivity index (χ4n) is 3.29. The number of nitrogens with zero attached hydrogens (tertiary/aromatic N) is 1. The van der Waals surface area contributed by atoms with E-state index in [1.54, 1.807) is 30.3 Å². The Bertz CT molecular complexity index is 1030. The first-order chi connectivity index (χ1) is 13.5. The van der Waals surface area contributed by atoms with E-state index >= 15 is 0 Å². The van der Waals surface area contributed by atoms with Gasteiger partial charge in [0.25, 0.3) is 5.91 Å². The minimum absolute atomic E-state index is 0.0469. The second-order valence-corrected chi connectivity index (χ2v) is 6.65. The number of imide groups is 1. The molecule has 1 saturated heterocycles. The Morgan fingerprint density at radius 1 is 1.11 bits per heavy atom. The maximum absolute atomic E-state index is 12.8. The van der Waals surface area contributed by atoms with Gasteiger partial charge in [0.05, 0.1) is 12.1 Å². The molecule has 0 saturated carbocycles. The van der Waals surface area contributed by atoms with Crippen LogP contribution in [0.2, 0.25) is 0 Å². The SMILES string of the molecule is CC(=O)Nc1ccc(N2C(=O)C/C(=C\C3=Cc4ccccc4OC3)C2=O)cc1. The van der Waals surface area contributed by atoms with Crippen LogP contribution in [0, 0.1) is 0 Å². The summed E-state index contributed by atoms with van der Waals surface area (Å²) in [5.41, 5.74) is 3.31. The standard InChI is InChI=1S/C22H18N2O4/c1-14(25)23-18-6-8-19(9-7-18)24-21(26)12-17(22(24)27)11-15-10-16-4-2-3-5-20(16)28-13-15/h2-11H,12-13H2,1H3,(H,23,25)/b17-11+. The summed E-state index contributed by atoms with van der Waals surface area (Å²) in [7, 11) is 0. The molecule has 2 aromatic carbocycles. The number of hydrogen-bond acceptors (Lipinski definition) is 4. The highest BCUT2D eigenvalue weighted by Gasteiger charge is 2.35.